The zero-order valence-electron chi connectivity index (χ0n) is 11.9. The fourth-order valence-corrected chi connectivity index (χ4v) is 3.14. The standard InChI is InChI=1S/C16H22N2O2/c1-2-15-13(5-6-20-15)10-18-16(19)11-3-4-12-8-17-9-14(12)7-11/h3-4,7,13,15,17H,2,5-6,8-10H2,1H3,(H,18,19). The number of carbonyl (C=O) groups is 1. The van der Waals surface area contributed by atoms with Crippen LogP contribution in [-0.4, -0.2) is 25.2 Å². The van der Waals surface area contributed by atoms with Crippen molar-refractivity contribution in [1.29, 1.82) is 0 Å². The second-order valence-electron chi connectivity index (χ2n) is 5.66. The largest absolute Gasteiger partial charge is 0.378 e. The van der Waals surface area contributed by atoms with Crippen LogP contribution in [0.1, 0.15) is 41.3 Å². The number of nitrogens with one attached hydrogen (secondary N) is 2. The normalized spacial score (nSPS) is 24.6. The number of fused-ring (bicyclic) bond motifs is 1. The zero-order chi connectivity index (χ0) is 13.9. The maximum absolute atomic E-state index is 12.2. The van der Waals surface area contributed by atoms with Gasteiger partial charge in [0, 0.05) is 37.7 Å². The summed E-state index contributed by atoms with van der Waals surface area (Å²) in [5, 5.41) is 6.35. The lowest BCUT2D eigenvalue weighted by Gasteiger charge is -2.17. The van der Waals surface area contributed by atoms with Gasteiger partial charge in [0.05, 0.1) is 6.10 Å². The summed E-state index contributed by atoms with van der Waals surface area (Å²) in [6.07, 6.45) is 2.37. The van der Waals surface area contributed by atoms with Crippen molar-refractivity contribution in [3.05, 3.63) is 34.9 Å². The van der Waals surface area contributed by atoms with Crippen LogP contribution in [0.4, 0.5) is 0 Å². The number of carbonyl (C=O) groups excluding carboxylic acids is 1. The topological polar surface area (TPSA) is 50.4 Å². The molecular weight excluding hydrogens is 252 g/mol. The third kappa shape index (κ3) is 2.72. The molecule has 108 valence electrons. The maximum Gasteiger partial charge on any atom is 0.251 e. The van der Waals surface area contributed by atoms with Crippen LogP contribution < -0.4 is 10.6 Å². The van der Waals surface area contributed by atoms with E-state index in [1.165, 1.54) is 11.1 Å². The third-order valence-electron chi connectivity index (χ3n) is 4.37. The van der Waals surface area contributed by atoms with Crippen LogP contribution in [0.15, 0.2) is 18.2 Å². The highest BCUT2D eigenvalue weighted by atomic mass is 16.5. The Morgan fingerprint density at radius 3 is 3.10 bits per heavy atom. The lowest BCUT2D eigenvalue weighted by molar-refractivity contribution is 0.0827. The van der Waals surface area contributed by atoms with Crippen LogP contribution in [0.3, 0.4) is 0 Å². The molecule has 0 spiro atoms. The molecule has 2 aliphatic rings. The van der Waals surface area contributed by atoms with Gasteiger partial charge >= 0.3 is 0 Å². The van der Waals surface area contributed by atoms with E-state index in [4.69, 9.17) is 4.74 Å². The predicted molar refractivity (Wildman–Crippen MR) is 77.5 cm³/mol. The summed E-state index contributed by atoms with van der Waals surface area (Å²) < 4.78 is 5.65. The van der Waals surface area contributed by atoms with E-state index < -0.39 is 0 Å². The number of hydrogen-bond donors (Lipinski definition) is 2. The van der Waals surface area contributed by atoms with Crippen LogP contribution in [0.2, 0.25) is 0 Å². The van der Waals surface area contributed by atoms with Gasteiger partial charge in [-0.05, 0) is 36.1 Å². The SMILES string of the molecule is CCC1OCCC1CNC(=O)c1ccc2c(c1)CNC2. The van der Waals surface area contributed by atoms with Gasteiger partial charge in [-0.3, -0.25) is 4.79 Å². The molecule has 2 aliphatic heterocycles. The van der Waals surface area contributed by atoms with Crippen molar-refractivity contribution < 1.29 is 9.53 Å². The van der Waals surface area contributed by atoms with Gasteiger partial charge in [0.1, 0.15) is 0 Å². The molecule has 0 saturated carbocycles. The summed E-state index contributed by atoms with van der Waals surface area (Å²) in [6.45, 7) is 5.45. The molecule has 2 unspecified atom stereocenters. The minimum absolute atomic E-state index is 0.0291. The molecule has 0 aromatic heterocycles. The van der Waals surface area contributed by atoms with Crippen molar-refractivity contribution in [1.82, 2.24) is 10.6 Å². The van der Waals surface area contributed by atoms with Gasteiger partial charge in [-0.15, -0.1) is 0 Å². The number of benzene rings is 1. The molecule has 0 radical (unpaired) electrons. The lowest BCUT2D eigenvalue weighted by atomic mass is 9.99. The molecule has 2 atom stereocenters. The van der Waals surface area contributed by atoms with E-state index in [1.807, 2.05) is 12.1 Å². The van der Waals surface area contributed by atoms with Crippen molar-refractivity contribution in [2.45, 2.75) is 39.0 Å². The van der Waals surface area contributed by atoms with E-state index in [0.717, 1.165) is 38.1 Å². The van der Waals surface area contributed by atoms with Crippen molar-refractivity contribution >= 4 is 5.91 Å². The molecule has 0 bridgehead atoms. The maximum atomic E-state index is 12.2. The minimum Gasteiger partial charge on any atom is -0.378 e. The Labute approximate surface area is 119 Å². The summed E-state index contributed by atoms with van der Waals surface area (Å²) in [5.74, 6) is 0.487. The fraction of sp³-hybridized carbons (Fsp3) is 0.562. The van der Waals surface area contributed by atoms with Gasteiger partial charge in [-0.2, -0.15) is 0 Å². The molecule has 3 rings (SSSR count). The Morgan fingerprint density at radius 2 is 2.25 bits per heavy atom. The van der Waals surface area contributed by atoms with E-state index in [9.17, 15) is 4.79 Å². The van der Waals surface area contributed by atoms with Gasteiger partial charge in [-0.1, -0.05) is 13.0 Å². The molecule has 20 heavy (non-hydrogen) atoms. The molecule has 1 saturated heterocycles. The van der Waals surface area contributed by atoms with E-state index >= 15 is 0 Å². The Bertz CT molecular complexity index is 501. The zero-order valence-corrected chi connectivity index (χ0v) is 11.9. The monoisotopic (exact) mass is 274 g/mol. The van der Waals surface area contributed by atoms with Crippen molar-refractivity contribution in [2.75, 3.05) is 13.2 Å². The van der Waals surface area contributed by atoms with Gasteiger partial charge < -0.3 is 15.4 Å². The Kier molecular flexibility index (Phi) is 4.03. The molecule has 0 aliphatic carbocycles. The van der Waals surface area contributed by atoms with Crippen LogP contribution in [-0.2, 0) is 17.8 Å². The van der Waals surface area contributed by atoms with Crippen LogP contribution in [0.25, 0.3) is 0 Å². The van der Waals surface area contributed by atoms with Crippen LogP contribution >= 0.6 is 0 Å². The molecule has 4 nitrogen and oxygen atoms in total. The van der Waals surface area contributed by atoms with Crippen molar-refractivity contribution in [2.24, 2.45) is 5.92 Å². The van der Waals surface area contributed by atoms with Gasteiger partial charge in [-0.25, -0.2) is 0 Å². The van der Waals surface area contributed by atoms with E-state index in [-0.39, 0.29) is 5.91 Å². The van der Waals surface area contributed by atoms with E-state index in [2.05, 4.69) is 23.6 Å². The van der Waals surface area contributed by atoms with Gasteiger partial charge in [0.15, 0.2) is 0 Å². The molecule has 1 aromatic carbocycles. The van der Waals surface area contributed by atoms with Gasteiger partial charge in [0.2, 0.25) is 0 Å². The molecule has 1 aromatic rings. The van der Waals surface area contributed by atoms with E-state index in [1.54, 1.807) is 0 Å². The average molecular weight is 274 g/mol. The summed E-state index contributed by atoms with van der Waals surface area (Å²) in [6, 6.07) is 5.98. The summed E-state index contributed by atoms with van der Waals surface area (Å²) >= 11 is 0. The van der Waals surface area contributed by atoms with E-state index in [0.29, 0.717) is 18.6 Å². The number of ether oxygens (including phenoxy) is 1. The highest BCUT2D eigenvalue weighted by molar-refractivity contribution is 5.94. The summed E-state index contributed by atoms with van der Waals surface area (Å²) in [5.41, 5.74) is 3.31. The molecule has 1 fully saturated rings. The molecule has 2 N–H and O–H groups in total. The average Bonchev–Trinajstić information content (AvgIpc) is 3.12. The summed E-state index contributed by atoms with van der Waals surface area (Å²) in [7, 11) is 0. The Hall–Kier alpha value is -1.39. The Morgan fingerprint density at radius 1 is 1.40 bits per heavy atom. The fourth-order valence-electron chi connectivity index (χ4n) is 3.14. The first-order chi connectivity index (χ1) is 9.78. The van der Waals surface area contributed by atoms with Crippen molar-refractivity contribution in [3.8, 4) is 0 Å². The third-order valence-corrected chi connectivity index (χ3v) is 4.37. The highest BCUT2D eigenvalue weighted by Crippen LogP contribution is 2.23. The smallest absolute Gasteiger partial charge is 0.251 e. The first kappa shape index (κ1) is 13.6. The second-order valence-corrected chi connectivity index (χ2v) is 5.66. The molecule has 4 heteroatoms. The first-order valence-electron chi connectivity index (χ1n) is 7.50. The summed E-state index contributed by atoms with van der Waals surface area (Å²) in [4.78, 5) is 12.2. The number of hydrogen-bond acceptors (Lipinski definition) is 3. The first-order valence-corrected chi connectivity index (χ1v) is 7.50. The quantitative estimate of drug-likeness (QED) is 0.881. The van der Waals surface area contributed by atoms with Crippen LogP contribution in [0, 0.1) is 5.92 Å². The van der Waals surface area contributed by atoms with Gasteiger partial charge in [0.25, 0.3) is 5.91 Å². The number of rotatable bonds is 4. The van der Waals surface area contributed by atoms with Crippen molar-refractivity contribution in [3.63, 3.8) is 0 Å². The minimum atomic E-state index is 0.0291. The highest BCUT2D eigenvalue weighted by Gasteiger charge is 2.27. The molecule has 1 amide bonds. The molecule has 2 heterocycles. The second kappa shape index (κ2) is 5.94. The molecular formula is C16H22N2O2. The predicted octanol–water partition coefficient (Wildman–Crippen LogP) is 1.83. The number of amides is 1. The van der Waals surface area contributed by atoms with Crippen LogP contribution in [0.5, 0.6) is 0 Å². The lowest BCUT2D eigenvalue weighted by Crippen LogP contribution is -2.32. The Balaban J connectivity index is 1.59.